The maximum atomic E-state index is 12.6. The molecule has 0 unspecified atom stereocenters. The van der Waals surface area contributed by atoms with Gasteiger partial charge in [-0.1, -0.05) is 18.2 Å². The highest BCUT2D eigenvalue weighted by Gasteiger charge is 2.30. The van der Waals surface area contributed by atoms with Crippen LogP contribution in [0.25, 0.3) is 0 Å². The minimum atomic E-state index is -4.41. The standard InChI is InChI=1S/C15H13F3N2O/c1-10-5-6-19-9-13(10)20-14(21)8-11-3-2-4-12(7-11)15(16,17)18/h2-7,9H,8H2,1H3,(H,20,21). The van der Waals surface area contributed by atoms with Gasteiger partial charge in [-0.2, -0.15) is 13.2 Å². The van der Waals surface area contributed by atoms with Gasteiger partial charge in [0.2, 0.25) is 5.91 Å². The fraction of sp³-hybridized carbons (Fsp3) is 0.200. The van der Waals surface area contributed by atoms with E-state index in [9.17, 15) is 18.0 Å². The van der Waals surface area contributed by atoms with Gasteiger partial charge in [0.15, 0.2) is 0 Å². The molecule has 0 saturated heterocycles. The molecule has 6 heteroatoms. The summed E-state index contributed by atoms with van der Waals surface area (Å²) >= 11 is 0. The Labute approximate surface area is 119 Å². The molecule has 1 heterocycles. The maximum absolute atomic E-state index is 12.6. The molecule has 0 saturated carbocycles. The number of alkyl halides is 3. The van der Waals surface area contributed by atoms with Crippen LogP contribution in [-0.2, 0) is 17.4 Å². The van der Waals surface area contributed by atoms with Crippen LogP contribution in [0.15, 0.2) is 42.7 Å². The van der Waals surface area contributed by atoms with Crippen molar-refractivity contribution in [2.75, 3.05) is 5.32 Å². The van der Waals surface area contributed by atoms with Crippen LogP contribution >= 0.6 is 0 Å². The lowest BCUT2D eigenvalue weighted by Gasteiger charge is -2.10. The third kappa shape index (κ3) is 4.05. The van der Waals surface area contributed by atoms with Crippen LogP contribution in [0.4, 0.5) is 18.9 Å². The van der Waals surface area contributed by atoms with Crippen molar-refractivity contribution >= 4 is 11.6 Å². The topological polar surface area (TPSA) is 42.0 Å². The molecule has 0 aliphatic carbocycles. The van der Waals surface area contributed by atoms with Crippen molar-refractivity contribution in [2.24, 2.45) is 0 Å². The van der Waals surface area contributed by atoms with Crippen molar-refractivity contribution in [2.45, 2.75) is 19.5 Å². The highest BCUT2D eigenvalue weighted by Crippen LogP contribution is 2.29. The van der Waals surface area contributed by atoms with Gasteiger partial charge in [-0.05, 0) is 30.2 Å². The Morgan fingerprint density at radius 3 is 2.71 bits per heavy atom. The maximum Gasteiger partial charge on any atom is 0.416 e. The van der Waals surface area contributed by atoms with E-state index in [1.54, 1.807) is 12.3 Å². The number of nitrogens with zero attached hydrogens (tertiary/aromatic N) is 1. The summed E-state index contributed by atoms with van der Waals surface area (Å²) in [7, 11) is 0. The van der Waals surface area contributed by atoms with E-state index in [0.29, 0.717) is 11.3 Å². The first-order valence-corrected chi connectivity index (χ1v) is 6.23. The minimum absolute atomic E-state index is 0.127. The van der Waals surface area contributed by atoms with Crippen molar-refractivity contribution in [3.8, 4) is 0 Å². The zero-order valence-electron chi connectivity index (χ0n) is 11.2. The van der Waals surface area contributed by atoms with Crippen LogP contribution in [0.1, 0.15) is 16.7 Å². The van der Waals surface area contributed by atoms with Gasteiger partial charge in [-0.25, -0.2) is 0 Å². The summed E-state index contributed by atoms with van der Waals surface area (Å²) in [5.74, 6) is -0.384. The van der Waals surface area contributed by atoms with Crippen molar-refractivity contribution in [1.82, 2.24) is 4.98 Å². The van der Waals surface area contributed by atoms with Gasteiger partial charge in [0, 0.05) is 6.20 Å². The number of halogens is 3. The molecule has 21 heavy (non-hydrogen) atoms. The van der Waals surface area contributed by atoms with E-state index >= 15 is 0 Å². The summed E-state index contributed by atoms with van der Waals surface area (Å²) in [6, 6.07) is 6.48. The van der Waals surface area contributed by atoms with Gasteiger partial charge < -0.3 is 5.32 Å². The Morgan fingerprint density at radius 1 is 1.29 bits per heavy atom. The quantitative estimate of drug-likeness (QED) is 0.940. The molecule has 2 aromatic rings. The summed E-state index contributed by atoms with van der Waals surface area (Å²) < 4.78 is 37.8. The van der Waals surface area contributed by atoms with Crippen LogP contribution in [0.2, 0.25) is 0 Å². The average molecular weight is 294 g/mol. The predicted molar refractivity (Wildman–Crippen MR) is 72.8 cm³/mol. The third-order valence-electron chi connectivity index (χ3n) is 2.93. The van der Waals surface area contributed by atoms with Gasteiger partial charge in [-0.15, -0.1) is 0 Å². The zero-order valence-corrected chi connectivity index (χ0v) is 11.2. The number of aromatic nitrogens is 1. The van der Waals surface area contributed by atoms with E-state index in [1.165, 1.54) is 18.3 Å². The second-order valence-electron chi connectivity index (χ2n) is 4.61. The molecule has 0 aliphatic rings. The van der Waals surface area contributed by atoms with Gasteiger partial charge >= 0.3 is 6.18 Å². The van der Waals surface area contributed by atoms with Gasteiger partial charge in [0.25, 0.3) is 0 Å². The number of pyridine rings is 1. The Kier molecular flexibility index (Phi) is 4.26. The van der Waals surface area contributed by atoms with Crippen molar-refractivity contribution < 1.29 is 18.0 Å². The van der Waals surface area contributed by atoms with Crippen molar-refractivity contribution in [3.05, 3.63) is 59.4 Å². The van der Waals surface area contributed by atoms with Crippen LogP contribution in [-0.4, -0.2) is 10.9 Å². The molecule has 2 rings (SSSR count). The van der Waals surface area contributed by atoms with E-state index in [-0.39, 0.29) is 12.3 Å². The summed E-state index contributed by atoms with van der Waals surface area (Å²) in [6.07, 6.45) is -1.44. The third-order valence-corrected chi connectivity index (χ3v) is 2.93. The van der Waals surface area contributed by atoms with E-state index in [4.69, 9.17) is 0 Å². The Morgan fingerprint density at radius 2 is 2.05 bits per heavy atom. The first kappa shape index (κ1) is 15.0. The lowest BCUT2D eigenvalue weighted by molar-refractivity contribution is -0.137. The largest absolute Gasteiger partial charge is 0.416 e. The first-order valence-electron chi connectivity index (χ1n) is 6.23. The van der Waals surface area contributed by atoms with E-state index < -0.39 is 11.7 Å². The Hall–Kier alpha value is -2.37. The summed E-state index contributed by atoms with van der Waals surface area (Å²) in [5.41, 5.74) is 0.936. The lowest BCUT2D eigenvalue weighted by Crippen LogP contribution is -2.16. The van der Waals surface area contributed by atoms with Crippen LogP contribution in [0.5, 0.6) is 0 Å². The van der Waals surface area contributed by atoms with E-state index in [1.807, 2.05) is 6.92 Å². The SMILES string of the molecule is Cc1ccncc1NC(=O)Cc1cccc(C(F)(F)F)c1. The molecule has 0 atom stereocenters. The number of hydrogen-bond acceptors (Lipinski definition) is 2. The number of carbonyl (C=O) groups is 1. The molecular weight excluding hydrogens is 281 g/mol. The lowest BCUT2D eigenvalue weighted by atomic mass is 10.1. The molecule has 0 fully saturated rings. The fourth-order valence-electron chi connectivity index (χ4n) is 1.83. The van der Waals surface area contributed by atoms with Crippen molar-refractivity contribution in [3.63, 3.8) is 0 Å². The van der Waals surface area contributed by atoms with E-state index in [2.05, 4.69) is 10.3 Å². The molecule has 1 aromatic heterocycles. The number of benzene rings is 1. The highest BCUT2D eigenvalue weighted by atomic mass is 19.4. The zero-order chi connectivity index (χ0) is 15.5. The molecule has 110 valence electrons. The van der Waals surface area contributed by atoms with Crippen LogP contribution < -0.4 is 5.32 Å². The molecule has 0 bridgehead atoms. The van der Waals surface area contributed by atoms with Gasteiger partial charge in [0.05, 0.1) is 23.9 Å². The highest BCUT2D eigenvalue weighted by molar-refractivity contribution is 5.92. The number of hydrogen-bond donors (Lipinski definition) is 1. The second-order valence-corrected chi connectivity index (χ2v) is 4.61. The summed E-state index contributed by atoms with van der Waals surface area (Å²) in [4.78, 5) is 15.8. The fourth-order valence-corrected chi connectivity index (χ4v) is 1.83. The molecular formula is C15H13F3N2O. The van der Waals surface area contributed by atoms with Crippen LogP contribution in [0.3, 0.4) is 0 Å². The molecule has 3 nitrogen and oxygen atoms in total. The number of carbonyl (C=O) groups excluding carboxylic acids is 1. The molecule has 0 radical (unpaired) electrons. The Bertz CT molecular complexity index is 653. The molecule has 1 aromatic carbocycles. The number of amides is 1. The van der Waals surface area contributed by atoms with Crippen molar-refractivity contribution in [1.29, 1.82) is 0 Å². The van der Waals surface area contributed by atoms with E-state index in [0.717, 1.165) is 17.7 Å². The van der Waals surface area contributed by atoms with Gasteiger partial charge in [0.1, 0.15) is 0 Å². The molecule has 1 N–H and O–H groups in total. The molecule has 1 amide bonds. The number of anilines is 1. The van der Waals surface area contributed by atoms with Crippen LogP contribution in [0, 0.1) is 6.92 Å². The Balaban J connectivity index is 2.08. The smallest absolute Gasteiger partial charge is 0.324 e. The second kappa shape index (κ2) is 5.95. The summed E-state index contributed by atoms with van der Waals surface area (Å²) in [5, 5.41) is 2.63. The number of aryl methyl sites for hydroxylation is 1. The van der Waals surface area contributed by atoms with Gasteiger partial charge in [-0.3, -0.25) is 9.78 Å². The molecule has 0 aliphatic heterocycles. The summed E-state index contributed by atoms with van der Waals surface area (Å²) in [6.45, 7) is 1.81. The average Bonchev–Trinajstić information content (AvgIpc) is 2.41. The normalized spacial score (nSPS) is 11.2. The predicted octanol–water partition coefficient (Wildman–Crippen LogP) is 3.59. The number of rotatable bonds is 3. The molecule has 0 spiro atoms. The monoisotopic (exact) mass is 294 g/mol. The minimum Gasteiger partial charge on any atom is -0.324 e. The number of nitrogens with one attached hydrogen (secondary N) is 1. The first-order chi connectivity index (χ1) is 9.86.